The van der Waals surface area contributed by atoms with E-state index in [1.165, 1.54) is 37.9 Å². The van der Waals surface area contributed by atoms with E-state index < -0.39 is 6.10 Å². The fourth-order valence-electron chi connectivity index (χ4n) is 3.37. The molecule has 0 amide bonds. The minimum atomic E-state index is -0.488. The number of likely N-dealkylation sites (tertiary alicyclic amines) is 1. The standard InChI is InChI=1S/C21H37N3O2/c1-17(2)23-14-20(25)16-26-21-8-6-18(7-9-21)13-22-11-10-19-5-4-12-24(3)15-19/h6-9,17,19-20,22-23,25H,4-5,10-16H2,1-3H3. The van der Waals surface area contributed by atoms with Crippen LogP contribution in [-0.2, 0) is 6.54 Å². The number of piperidine rings is 1. The first kappa shape index (κ1) is 21.2. The number of nitrogens with zero attached hydrogens (tertiary/aromatic N) is 1. The third-order valence-electron chi connectivity index (χ3n) is 4.91. The largest absolute Gasteiger partial charge is 0.491 e. The Kier molecular flexibility index (Phi) is 9.40. The van der Waals surface area contributed by atoms with E-state index in [0.29, 0.717) is 19.2 Å². The van der Waals surface area contributed by atoms with Crippen molar-refractivity contribution < 1.29 is 9.84 Å². The van der Waals surface area contributed by atoms with Crippen LogP contribution in [0.3, 0.4) is 0 Å². The average molecular weight is 364 g/mol. The number of hydrogen-bond donors (Lipinski definition) is 3. The highest BCUT2D eigenvalue weighted by molar-refractivity contribution is 5.27. The van der Waals surface area contributed by atoms with Crippen LogP contribution in [0, 0.1) is 5.92 Å². The third kappa shape index (κ3) is 8.49. The van der Waals surface area contributed by atoms with Gasteiger partial charge in [0, 0.05) is 25.7 Å². The van der Waals surface area contributed by atoms with Gasteiger partial charge in [0.25, 0.3) is 0 Å². The van der Waals surface area contributed by atoms with E-state index in [1.807, 2.05) is 12.1 Å². The Morgan fingerprint density at radius 2 is 2.04 bits per heavy atom. The van der Waals surface area contributed by atoms with Gasteiger partial charge in [-0.2, -0.15) is 0 Å². The van der Waals surface area contributed by atoms with Crippen molar-refractivity contribution in [2.45, 2.75) is 51.8 Å². The molecule has 1 aromatic carbocycles. The molecule has 5 heteroatoms. The molecule has 2 unspecified atom stereocenters. The van der Waals surface area contributed by atoms with Gasteiger partial charge in [-0.3, -0.25) is 0 Å². The quantitative estimate of drug-likeness (QED) is 0.527. The summed E-state index contributed by atoms with van der Waals surface area (Å²) < 4.78 is 5.66. The molecule has 0 aliphatic carbocycles. The molecule has 5 nitrogen and oxygen atoms in total. The molecule has 1 fully saturated rings. The van der Waals surface area contributed by atoms with E-state index in [1.54, 1.807) is 0 Å². The summed E-state index contributed by atoms with van der Waals surface area (Å²) in [6, 6.07) is 8.52. The molecule has 0 saturated carbocycles. The topological polar surface area (TPSA) is 56.8 Å². The first-order valence-electron chi connectivity index (χ1n) is 10.1. The van der Waals surface area contributed by atoms with Crippen molar-refractivity contribution in [1.82, 2.24) is 15.5 Å². The van der Waals surface area contributed by atoms with Crippen LogP contribution in [0.15, 0.2) is 24.3 Å². The van der Waals surface area contributed by atoms with Crippen molar-refractivity contribution in [2.75, 3.05) is 39.8 Å². The lowest BCUT2D eigenvalue weighted by molar-refractivity contribution is 0.104. The van der Waals surface area contributed by atoms with E-state index in [-0.39, 0.29) is 0 Å². The third-order valence-corrected chi connectivity index (χ3v) is 4.91. The first-order chi connectivity index (χ1) is 12.5. The minimum Gasteiger partial charge on any atom is -0.491 e. The molecule has 1 aromatic rings. The van der Waals surface area contributed by atoms with Gasteiger partial charge in [0.2, 0.25) is 0 Å². The Hall–Kier alpha value is -1.14. The van der Waals surface area contributed by atoms with Gasteiger partial charge < -0.3 is 25.4 Å². The number of aliphatic hydroxyl groups is 1. The number of hydrogen-bond acceptors (Lipinski definition) is 5. The minimum absolute atomic E-state index is 0.313. The maximum Gasteiger partial charge on any atom is 0.119 e. The van der Waals surface area contributed by atoms with E-state index in [2.05, 4.69) is 48.6 Å². The predicted octanol–water partition coefficient (Wildman–Crippen LogP) is 2.25. The van der Waals surface area contributed by atoms with Gasteiger partial charge in [-0.15, -0.1) is 0 Å². The molecule has 1 saturated heterocycles. The smallest absolute Gasteiger partial charge is 0.119 e. The maximum absolute atomic E-state index is 9.88. The SMILES string of the molecule is CC(C)NCC(O)COc1ccc(CNCCC2CCCN(C)C2)cc1. The Bertz CT molecular complexity index is 493. The summed E-state index contributed by atoms with van der Waals surface area (Å²) in [5.74, 6) is 1.65. The summed E-state index contributed by atoms with van der Waals surface area (Å²) >= 11 is 0. The van der Waals surface area contributed by atoms with E-state index in [9.17, 15) is 5.11 Å². The number of ether oxygens (including phenoxy) is 1. The molecule has 0 spiro atoms. The maximum atomic E-state index is 9.88. The molecule has 1 aliphatic heterocycles. The molecule has 2 rings (SSSR count). The molecule has 1 aliphatic rings. The molecule has 26 heavy (non-hydrogen) atoms. The first-order valence-corrected chi connectivity index (χ1v) is 10.1. The molecular formula is C21H37N3O2. The highest BCUT2D eigenvalue weighted by Gasteiger charge is 2.16. The van der Waals surface area contributed by atoms with Gasteiger partial charge in [0.15, 0.2) is 0 Å². The molecule has 148 valence electrons. The lowest BCUT2D eigenvalue weighted by atomic mass is 9.95. The number of nitrogens with one attached hydrogen (secondary N) is 2. The predicted molar refractivity (Wildman–Crippen MR) is 108 cm³/mol. The second-order valence-corrected chi connectivity index (χ2v) is 7.91. The zero-order valence-corrected chi connectivity index (χ0v) is 16.7. The van der Waals surface area contributed by atoms with Crippen molar-refractivity contribution in [2.24, 2.45) is 5.92 Å². The molecule has 2 atom stereocenters. The van der Waals surface area contributed by atoms with Crippen LogP contribution in [0.2, 0.25) is 0 Å². The number of rotatable bonds is 11. The molecule has 1 heterocycles. The fraction of sp³-hybridized carbons (Fsp3) is 0.714. The average Bonchev–Trinajstić information content (AvgIpc) is 2.63. The zero-order valence-electron chi connectivity index (χ0n) is 16.7. The van der Waals surface area contributed by atoms with Crippen molar-refractivity contribution in [1.29, 1.82) is 0 Å². The van der Waals surface area contributed by atoms with E-state index in [0.717, 1.165) is 24.8 Å². The van der Waals surface area contributed by atoms with Crippen LogP contribution in [-0.4, -0.2) is 62.0 Å². The van der Waals surface area contributed by atoms with Crippen molar-refractivity contribution >= 4 is 0 Å². The Balaban J connectivity index is 1.59. The van der Waals surface area contributed by atoms with Crippen LogP contribution in [0.4, 0.5) is 0 Å². The van der Waals surface area contributed by atoms with Crippen LogP contribution >= 0.6 is 0 Å². The number of aliphatic hydroxyl groups excluding tert-OH is 1. The zero-order chi connectivity index (χ0) is 18.8. The van der Waals surface area contributed by atoms with Crippen LogP contribution in [0.1, 0.15) is 38.7 Å². The van der Waals surface area contributed by atoms with Gasteiger partial charge in [-0.25, -0.2) is 0 Å². The molecular weight excluding hydrogens is 326 g/mol. The lowest BCUT2D eigenvalue weighted by Gasteiger charge is -2.29. The van der Waals surface area contributed by atoms with Gasteiger partial charge in [0.05, 0.1) is 0 Å². The summed E-state index contributed by atoms with van der Waals surface area (Å²) in [6.07, 6.45) is 3.48. The second kappa shape index (κ2) is 11.5. The van der Waals surface area contributed by atoms with Crippen LogP contribution in [0.5, 0.6) is 5.75 Å². The summed E-state index contributed by atoms with van der Waals surface area (Å²) in [5, 5.41) is 16.6. The Morgan fingerprint density at radius 1 is 1.27 bits per heavy atom. The molecule has 0 bridgehead atoms. The summed E-state index contributed by atoms with van der Waals surface area (Å²) in [5.41, 5.74) is 1.26. The van der Waals surface area contributed by atoms with Gasteiger partial charge >= 0.3 is 0 Å². The van der Waals surface area contributed by atoms with E-state index in [4.69, 9.17) is 4.74 Å². The van der Waals surface area contributed by atoms with Crippen LogP contribution in [0.25, 0.3) is 0 Å². The Morgan fingerprint density at radius 3 is 2.73 bits per heavy atom. The van der Waals surface area contributed by atoms with Gasteiger partial charge in [-0.1, -0.05) is 26.0 Å². The second-order valence-electron chi connectivity index (χ2n) is 7.91. The van der Waals surface area contributed by atoms with E-state index >= 15 is 0 Å². The van der Waals surface area contributed by atoms with Gasteiger partial charge in [-0.05, 0) is 63.0 Å². The highest BCUT2D eigenvalue weighted by atomic mass is 16.5. The highest BCUT2D eigenvalue weighted by Crippen LogP contribution is 2.18. The molecule has 3 N–H and O–H groups in total. The monoisotopic (exact) mass is 363 g/mol. The molecule has 0 radical (unpaired) electrons. The van der Waals surface area contributed by atoms with Gasteiger partial charge in [0.1, 0.15) is 18.5 Å². The normalized spacial score (nSPS) is 19.7. The molecule has 0 aromatic heterocycles. The van der Waals surface area contributed by atoms with Crippen molar-refractivity contribution in [3.8, 4) is 5.75 Å². The van der Waals surface area contributed by atoms with Crippen molar-refractivity contribution in [3.05, 3.63) is 29.8 Å². The van der Waals surface area contributed by atoms with Crippen LogP contribution < -0.4 is 15.4 Å². The van der Waals surface area contributed by atoms with Crippen molar-refractivity contribution in [3.63, 3.8) is 0 Å². The summed E-state index contributed by atoms with van der Waals surface area (Å²) in [4.78, 5) is 2.45. The fourth-order valence-corrected chi connectivity index (χ4v) is 3.37. The summed E-state index contributed by atoms with van der Waals surface area (Å²) in [7, 11) is 2.23. The summed E-state index contributed by atoms with van der Waals surface area (Å²) in [6.45, 7) is 9.46. The number of benzene rings is 1. The lowest BCUT2D eigenvalue weighted by Crippen LogP contribution is -2.35. The Labute approximate surface area is 159 Å².